The van der Waals surface area contributed by atoms with Crippen molar-refractivity contribution < 1.29 is 14.3 Å². The number of imide groups is 1. The molecule has 0 unspecified atom stereocenters. The van der Waals surface area contributed by atoms with Gasteiger partial charge in [-0.25, -0.2) is 0 Å². The van der Waals surface area contributed by atoms with Gasteiger partial charge in [0.25, 0.3) is 11.8 Å². The van der Waals surface area contributed by atoms with E-state index in [2.05, 4.69) is 5.32 Å². The zero-order chi connectivity index (χ0) is 22.8. The van der Waals surface area contributed by atoms with E-state index in [0.29, 0.717) is 32.6 Å². The summed E-state index contributed by atoms with van der Waals surface area (Å²) in [4.78, 5) is 28.0. The van der Waals surface area contributed by atoms with E-state index in [1.54, 1.807) is 42.5 Å². The van der Waals surface area contributed by atoms with Gasteiger partial charge < -0.3 is 10.1 Å². The van der Waals surface area contributed by atoms with Crippen LogP contribution in [0.3, 0.4) is 0 Å². The van der Waals surface area contributed by atoms with Crippen LogP contribution >= 0.6 is 23.2 Å². The second-order valence-corrected chi connectivity index (χ2v) is 8.26. The molecule has 7 heteroatoms. The average molecular weight is 467 g/mol. The molecule has 0 saturated carbocycles. The fraction of sp³-hybridized carbons (Fsp3) is 0.120. The number of benzene rings is 3. The largest absolute Gasteiger partial charge is 0.495 e. The molecule has 5 nitrogen and oxygen atoms in total. The van der Waals surface area contributed by atoms with Gasteiger partial charge in [0.2, 0.25) is 0 Å². The number of hydrogen-bond donors (Lipinski definition) is 1. The summed E-state index contributed by atoms with van der Waals surface area (Å²) in [6.07, 6.45) is 0. The predicted octanol–water partition coefficient (Wildman–Crippen LogP) is 5.70. The number of methoxy groups -OCH3 is 1. The molecule has 0 bridgehead atoms. The highest BCUT2D eigenvalue weighted by molar-refractivity contribution is 6.36. The van der Waals surface area contributed by atoms with Crippen molar-refractivity contribution in [3.63, 3.8) is 0 Å². The Hall–Kier alpha value is -3.28. The van der Waals surface area contributed by atoms with Crippen LogP contribution in [0.15, 0.2) is 72.4 Å². The van der Waals surface area contributed by atoms with Crippen molar-refractivity contribution in [1.29, 1.82) is 0 Å². The average Bonchev–Trinajstić information content (AvgIpc) is 3.00. The summed E-state index contributed by atoms with van der Waals surface area (Å²) < 4.78 is 5.19. The third kappa shape index (κ3) is 4.35. The van der Waals surface area contributed by atoms with Gasteiger partial charge in [0.1, 0.15) is 11.4 Å². The van der Waals surface area contributed by atoms with Crippen molar-refractivity contribution >= 4 is 46.3 Å². The zero-order valence-corrected chi connectivity index (χ0v) is 19.0. The summed E-state index contributed by atoms with van der Waals surface area (Å²) >= 11 is 12.2. The van der Waals surface area contributed by atoms with Crippen LogP contribution in [0.2, 0.25) is 10.0 Å². The first kappa shape index (κ1) is 21.9. The lowest BCUT2D eigenvalue weighted by atomic mass is 10.0. The van der Waals surface area contributed by atoms with Gasteiger partial charge in [-0.3, -0.25) is 14.5 Å². The minimum absolute atomic E-state index is 0.138. The molecule has 1 aliphatic rings. The molecule has 0 fully saturated rings. The summed E-state index contributed by atoms with van der Waals surface area (Å²) in [5, 5.41) is 4.09. The van der Waals surface area contributed by atoms with Crippen LogP contribution < -0.4 is 10.1 Å². The number of nitrogens with zero attached hydrogens (tertiary/aromatic N) is 1. The van der Waals surface area contributed by atoms with Gasteiger partial charge in [-0.1, -0.05) is 65.2 Å². The molecule has 1 heterocycles. The summed E-state index contributed by atoms with van der Waals surface area (Å²) in [5.41, 5.74) is 3.61. The molecule has 0 radical (unpaired) electrons. The van der Waals surface area contributed by atoms with E-state index in [1.165, 1.54) is 12.0 Å². The number of carbonyl (C=O) groups excluding carboxylic acids is 2. The van der Waals surface area contributed by atoms with Gasteiger partial charge in [-0.05, 0) is 48.4 Å². The predicted molar refractivity (Wildman–Crippen MR) is 127 cm³/mol. The highest BCUT2D eigenvalue weighted by Crippen LogP contribution is 2.34. The van der Waals surface area contributed by atoms with Gasteiger partial charge in [0.15, 0.2) is 0 Å². The molecule has 0 saturated heterocycles. The molecule has 0 atom stereocenters. The van der Waals surface area contributed by atoms with E-state index in [-0.39, 0.29) is 18.1 Å². The van der Waals surface area contributed by atoms with E-state index >= 15 is 0 Å². The molecule has 0 spiro atoms. The molecule has 0 aliphatic carbocycles. The van der Waals surface area contributed by atoms with E-state index in [9.17, 15) is 9.59 Å². The zero-order valence-electron chi connectivity index (χ0n) is 17.5. The monoisotopic (exact) mass is 466 g/mol. The standard InChI is InChI=1S/C25H20Cl2N2O3/c1-15-3-7-17(8-4-15)22-23(28-19-11-12-21(32-2)20(27)13-19)25(31)29(24(22)30)14-16-5-9-18(26)10-6-16/h3-13,28H,14H2,1-2H3. The first-order valence-electron chi connectivity index (χ1n) is 9.90. The summed E-state index contributed by atoms with van der Waals surface area (Å²) in [7, 11) is 1.53. The molecule has 1 N–H and O–H groups in total. The highest BCUT2D eigenvalue weighted by Gasteiger charge is 2.39. The van der Waals surface area contributed by atoms with Crippen LogP contribution in [-0.4, -0.2) is 23.8 Å². The number of rotatable bonds is 6. The normalized spacial score (nSPS) is 13.7. The number of amides is 2. The Balaban J connectivity index is 1.73. The smallest absolute Gasteiger partial charge is 0.278 e. The van der Waals surface area contributed by atoms with E-state index in [4.69, 9.17) is 27.9 Å². The van der Waals surface area contributed by atoms with Crippen molar-refractivity contribution in [3.8, 4) is 5.75 Å². The van der Waals surface area contributed by atoms with Crippen LogP contribution in [0.1, 0.15) is 16.7 Å². The molecule has 2 amide bonds. The van der Waals surface area contributed by atoms with Gasteiger partial charge in [-0.2, -0.15) is 0 Å². The minimum atomic E-state index is -0.410. The Morgan fingerprint density at radius 1 is 0.906 bits per heavy atom. The van der Waals surface area contributed by atoms with Crippen molar-refractivity contribution in [1.82, 2.24) is 4.90 Å². The first-order valence-corrected chi connectivity index (χ1v) is 10.7. The van der Waals surface area contributed by atoms with E-state index in [1.807, 2.05) is 31.2 Å². The van der Waals surface area contributed by atoms with Crippen molar-refractivity contribution in [3.05, 3.63) is 99.2 Å². The molecule has 32 heavy (non-hydrogen) atoms. The third-order valence-electron chi connectivity index (χ3n) is 5.18. The van der Waals surface area contributed by atoms with Crippen molar-refractivity contribution in [2.24, 2.45) is 0 Å². The summed E-state index contributed by atoms with van der Waals surface area (Å²) in [6, 6.07) is 19.6. The van der Waals surface area contributed by atoms with Crippen LogP contribution in [0.5, 0.6) is 5.75 Å². The molecular weight excluding hydrogens is 447 g/mol. The SMILES string of the molecule is COc1ccc(NC2=C(c3ccc(C)cc3)C(=O)N(Cc3ccc(Cl)cc3)C2=O)cc1Cl. The topological polar surface area (TPSA) is 58.6 Å². The Kier molecular flexibility index (Phi) is 6.21. The Bertz CT molecular complexity index is 1220. The Labute approximate surface area is 196 Å². The molecular formula is C25H20Cl2N2O3. The second kappa shape index (κ2) is 9.07. The maximum absolute atomic E-state index is 13.4. The number of ether oxygens (including phenoxy) is 1. The molecule has 1 aliphatic heterocycles. The van der Waals surface area contributed by atoms with Gasteiger partial charge in [-0.15, -0.1) is 0 Å². The lowest BCUT2D eigenvalue weighted by Gasteiger charge is -2.15. The quantitative estimate of drug-likeness (QED) is 0.473. The molecule has 4 rings (SSSR count). The number of carbonyl (C=O) groups is 2. The molecule has 3 aromatic carbocycles. The molecule has 0 aromatic heterocycles. The number of hydrogen-bond acceptors (Lipinski definition) is 4. The Morgan fingerprint density at radius 3 is 2.22 bits per heavy atom. The van der Waals surface area contributed by atoms with Gasteiger partial charge in [0.05, 0.1) is 24.3 Å². The number of aryl methyl sites for hydroxylation is 1. The number of halogens is 2. The van der Waals surface area contributed by atoms with Crippen molar-refractivity contribution in [2.75, 3.05) is 12.4 Å². The maximum Gasteiger partial charge on any atom is 0.278 e. The highest BCUT2D eigenvalue weighted by atomic mass is 35.5. The Morgan fingerprint density at radius 2 is 1.59 bits per heavy atom. The number of anilines is 1. The number of nitrogens with one attached hydrogen (secondary N) is 1. The van der Waals surface area contributed by atoms with Crippen molar-refractivity contribution in [2.45, 2.75) is 13.5 Å². The second-order valence-electron chi connectivity index (χ2n) is 7.41. The molecule has 3 aromatic rings. The van der Waals surface area contributed by atoms with Crippen LogP contribution in [0.25, 0.3) is 5.57 Å². The fourth-order valence-electron chi connectivity index (χ4n) is 3.48. The van der Waals surface area contributed by atoms with Gasteiger partial charge in [0, 0.05) is 10.7 Å². The van der Waals surface area contributed by atoms with Crippen LogP contribution in [-0.2, 0) is 16.1 Å². The molecule has 162 valence electrons. The lowest BCUT2D eigenvalue weighted by molar-refractivity contribution is -0.137. The third-order valence-corrected chi connectivity index (χ3v) is 5.73. The maximum atomic E-state index is 13.4. The van der Waals surface area contributed by atoms with Crippen LogP contribution in [0, 0.1) is 6.92 Å². The van der Waals surface area contributed by atoms with E-state index < -0.39 is 5.91 Å². The summed E-state index contributed by atoms with van der Waals surface area (Å²) in [6.45, 7) is 2.10. The van der Waals surface area contributed by atoms with Crippen LogP contribution in [0.4, 0.5) is 5.69 Å². The van der Waals surface area contributed by atoms with Gasteiger partial charge >= 0.3 is 0 Å². The first-order chi connectivity index (χ1) is 15.4. The lowest BCUT2D eigenvalue weighted by Crippen LogP contribution is -2.32. The summed E-state index contributed by atoms with van der Waals surface area (Å²) in [5.74, 6) is -0.258. The fourth-order valence-corrected chi connectivity index (χ4v) is 3.87. The van der Waals surface area contributed by atoms with E-state index in [0.717, 1.165) is 11.1 Å². The minimum Gasteiger partial charge on any atom is -0.495 e.